The molecule has 8 heteroatoms. The maximum atomic E-state index is 5.91. The van der Waals surface area contributed by atoms with Crippen molar-refractivity contribution in [2.24, 2.45) is 0 Å². The minimum atomic E-state index is 0.503. The van der Waals surface area contributed by atoms with Crippen LogP contribution in [0.3, 0.4) is 0 Å². The van der Waals surface area contributed by atoms with Crippen LogP contribution in [0, 0.1) is 0 Å². The molecule has 0 radical (unpaired) electrons. The first kappa shape index (κ1) is 15.3. The Morgan fingerprint density at radius 3 is 3.00 bits per heavy atom. The molecule has 21 heavy (non-hydrogen) atoms. The van der Waals surface area contributed by atoms with Crippen molar-refractivity contribution in [1.29, 1.82) is 0 Å². The van der Waals surface area contributed by atoms with Crippen LogP contribution in [-0.4, -0.2) is 32.5 Å². The van der Waals surface area contributed by atoms with Gasteiger partial charge < -0.3 is 5.32 Å². The summed E-state index contributed by atoms with van der Waals surface area (Å²) in [4.78, 5) is 1.26. The van der Waals surface area contributed by atoms with E-state index in [1.54, 1.807) is 23.1 Å². The summed E-state index contributed by atoms with van der Waals surface area (Å²) in [6.45, 7) is 1.79. The number of thiophene rings is 1. The van der Waals surface area contributed by atoms with Crippen molar-refractivity contribution in [3.05, 3.63) is 21.3 Å². The lowest BCUT2D eigenvalue weighted by Gasteiger charge is -2.10. The molecule has 2 aromatic heterocycles. The third kappa shape index (κ3) is 4.18. The molecule has 2 heterocycles. The van der Waals surface area contributed by atoms with Gasteiger partial charge in [-0.1, -0.05) is 36.2 Å². The molecule has 0 aliphatic heterocycles. The summed E-state index contributed by atoms with van der Waals surface area (Å²) in [6.07, 6.45) is 4.99. The number of thioether (sulfide) groups is 1. The van der Waals surface area contributed by atoms with Gasteiger partial charge in [-0.3, -0.25) is 0 Å². The molecule has 0 spiro atoms. The molecule has 0 atom stereocenters. The van der Waals surface area contributed by atoms with Gasteiger partial charge in [0.1, 0.15) is 0 Å². The van der Waals surface area contributed by atoms with Gasteiger partial charge in [0.15, 0.2) is 0 Å². The second-order valence-electron chi connectivity index (χ2n) is 5.08. The third-order valence-electron chi connectivity index (χ3n) is 3.57. The minimum Gasteiger partial charge on any atom is -0.311 e. The molecule has 1 fully saturated rings. The molecular weight excluding hydrogens is 326 g/mol. The van der Waals surface area contributed by atoms with Crippen molar-refractivity contribution >= 4 is 34.7 Å². The van der Waals surface area contributed by atoms with Crippen molar-refractivity contribution in [3.8, 4) is 0 Å². The third-order valence-corrected chi connectivity index (χ3v) is 5.74. The van der Waals surface area contributed by atoms with Crippen LogP contribution >= 0.6 is 34.7 Å². The molecule has 1 saturated carbocycles. The Balaban J connectivity index is 1.40. The lowest BCUT2D eigenvalue weighted by atomic mass is 10.3. The predicted molar refractivity (Wildman–Crippen MR) is 87.1 cm³/mol. The zero-order valence-electron chi connectivity index (χ0n) is 11.7. The molecule has 1 aliphatic carbocycles. The predicted octanol–water partition coefficient (Wildman–Crippen LogP) is 3.39. The number of aromatic nitrogens is 4. The largest absolute Gasteiger partial charge is 0.311 e. The van der Waals surface area contributed by atoms with E-state index >= 15 is 0 Å². The molecule has 1 N–H and O–H groups in total. The Labute approximate surface area is 137 Å². The second kappa shape index (κ2) is 7.58. The average Bonchev–Trinajstić information content (AvgIpc) is 3.18. The van der Waals surface area contributed by atoms with Crippen molar-refractivity contribution in [2.45, 2.75) is 43.4 Å². The van der Waals surface area contributed by atoms with E-state index in [-0.39, 0.29) is 0 Å². The van der Waals surface area contributed by atoms with Crippen LogP contribution < -0.4 is 5.32 Å². The Hall–Kier alpha value is -0.630. The van der Waals surface area contributed by atoms with E-state index in [1.807, 2.05) is 10.7 Å². The number of nitrogens with one attached hydrogen (secondary N) is 1. The van der Waals surface area contributed by atoms with Crippen molar-refractivity contribution in [2.75, 3.05) is 12.3 Å². The number of tetrazole rings is 1. The Morgan fingerprint density at radius 1 is 1.38 bits per heavy atom. The topological polar surface area (TPSA) is 55.6 Å². The maximum Gasteiger partial charge on any atom is 0.209 e. The van der Waals surface area contributed by atoms with E-state index in [9.17, 15) is 0 Å². The van der Waals surface area contributed by atoms with Gasteiger partial charge in [0.2, 0.25) is 5.16 Å². The zero-order valence-corrected chi connectivity index (χ0v) is 14.1. The van der Waals surface area contributed by atoms with Crippen LogP contribution in [0.2, 0.25) is 4.34 Å². The highest BCUT2D eigenvalue weighted by molar-refractivity contribution is 7.99. The van der Waals surface area contributed by atoms with Crippen LogP contribution in [0.25, 0.3) is 0 Å². The van der Waals surface area contributed by atoms with E-state index in [2.05, 4.69) is 26.9 Å². The fourth-order valence-corrected chi connectivity index (χ4v) is 4.43. The van der Waals surface area contributed by atoms with E-state index in [0.717, 1.165) is 28.3 Å². The lowest BCUT2D eigenvalue weighted by Crippen LogP contribution is -2.16. The second-order valence-corrected chi connectivity index (χ2v) is 7.94. The molecule has 0 aromatic carbocycles. The first-order valence-electron chi connectivity index (χ1n) is 7.18. The van der Waals surface area contributed by atoms with Crippen LogP contribution in [0.15, 0.2) is 17.3 Å². The van der Waals surface area contributed by atoms with Crippen molar-refractivity contribution < 1.29 is 0 Å². The maximum absolute atomic E-state index is 5.91. The highest BCUT2D eigenvalue weighted by Crippen LogP contribution is 2.31. The summed E-state index contributed by atoms with van der Waals surface area (Å²) in [5.41, 5.74) is 0. The van der Waals surface area contributed by atoms with Gasteiger partial charge in [-0.05, 0) is 35.4 Å². The molecule has 5 nitrogen and oxygen atoms in total. The molecule has 3 rings (SSSR count). The van der Waals surface area contributed by atoms with E-state index in [0.29, 0.717) is 6.04 Å². The van der Waals surface area contributed by atoms with Gasteiger partial charge >= 0.3 is 0 Å². The first-order chi connectivity index (χ1) is 10.3. The highest BCUT2D eigenvalue weighted by atomic mass is 35.5. The monoisotopic (exact) mass is 343 g/mol. The fraction of sp³-hybridized carbons (Fsp3) is 0.615. The van der Waals surface area contributed by atoms with Gasteiger partial charge in [-0.25, -0.2) is 4.68 Å². The average molecular weight is 344 g/mol. The quantitative estimate of drug-likeness (QED) is 0.617. The SMILES string of the molecule is Clc1ccc(CNCCSc2nnnn2C2CCCC2)s1. The Kier molecular flexibility index (Phi) is 5.51. The number of hydrogen-bond acceptors (Lipinski definition) is 6. The van der Waals surface area contributed by atoms with E-state index in [4.69, 9.17) is 11.6 Å². The summed E-state index contributed by atoms with van der Waals surface area (Å²) in [5.74, 6) is 0.964. The number of hydrogen-bond donors (Lipinski definition) is 1. The minimum absolute atomic E-state index is 0.503. The van der Waals surface area contributed by atoms with Gasteiger partial charge in [-0.2, -0.15) is 0 Å². The van der Waals surface area contributed by atoms with Gasteiger partial charge in [0, 0.05) is 23.7 Å². The number of rotatable bonds is 7. The fourth-order valence-electron chi connectivity index (χ4n) is 2.53. The Morgan fingerprint density at radius 2 is 2.24 bits per heavy atom. The van der Waals surface area contributed by atoms with Gasteiger partial charge in [0.05, 0.1) is 10.4 Å². The number of halogens is 1. The summed E-state index contributed by atoms with van der Waals surface area (Å²) in [7, 11) is 0. The van der Waals surface area contributed by atoms with Crippen LogP contribution in [0.1, 0.15) is 36.6 Å². The summed E-state index contributed by atoms with van der Waals surface area (Å²) in [6, 6.07) is 4.50. The smallest absolute Gasteiger partial charge is 0.209 e. The first-order valence-corrected chi connectivity index (χ1v) is 9.36. The van der Waals surface area contributed by atoms with Crippen molar-refractivity contribution in [3.63, 3.8) is 0 Å². The van der Waals surface area contributed by atoms with Gasteiger partial charge in [-0.15, -0.1) is 16.4 Å². The molecule has 0 unspecified atom stereocenters. The standard InChI is InChI=1S/C13H18ClN5S2/c14-12-6-5-11(21-12)9-15-7-8-20-13-16-17-18-19(13)10-3-1-2-4-10/h5-6,10,15H,1-4,7-9H2. The molecular formula is C13H18ClN5S2. The Bertz CT molecular complexity index is 564. The molecule has 2 aromatic rings. The summed E-state index contributed by atoms with van der Waals surface area (Å²) < 4.78 is 2.85. The summed E-state index contributed by atoms with van der Waals surface area (Å²) >= 11 is 9.25. The highest BCUT2D eigenvalue weighted by Gasteiger charge is 2.21. The molecule has 1 aliphatic rings. The molecule has 114 valence electrons. The lowest BCUT2D eigenvalue weighted by molar-refractivity contribution is 0.423. The molecule has 0 amide bonds. The van der Waals surface area contributed by atoms with E-state index < -0.39 is 0 Å². The van der Waals surface area contributed by atoms with Crippen LogP contribution in [-0.2, 0) is 6.54 Å². The van der Waals surface area contributed by atoms with E-state index in [1.165, 1.54) is 30.6 Å². The van der Waals surface area contributed by atoms with Gasteiger partial charge in [0.25, 0.3) is 0 Å². The normalized spacial score (nSPS) is 15.9. The summed E-state index contributed by atoms with van der Waals surface area (Å²) in [5, 5.41) is 16.5. The zero-order chi connectivity index (χ0) is 14.5. The molecule has 0 bridgehead atoms. The van der Waals surface area contributed by atoms with Crippen LogP contribution in [0.4, 0.5) is 0 Å². The molecule has 0 saturated heterocycles. The van der Waals surface area contributed by atoms with Crippen LogP contribution in [0.5, 0.6) is 0 Å². The van der Waals surface area contributed by atoms with Crippen molar-refractivity contribution in [1.82, 2.24) is 25.5 Å². The number of nitrogens with zero attached hydrogens (tertiary/aromatic N) is 4.